The number of nitrogens with one attached hydrogen (secondary N) is 1. The molecule has 0 saturated carbocycles. The van der Waals surface area contributed by atoms with Gasteiger partial charge in [-0.1, -0.05) is 17.7 Å². The lowest BCUT2D eigenvalue weighted by molar-refractivity contribution is 0.123. The second-order valence-corrected chi connectivity index (χ2v) is 8.20. The van der Waals surface area contributed by atoms with Crippen molar-refractivity contribution in [2.45, 2.75) is 11.8 Å². The number of ether oxygens (including phenoxy) is 1. The van der Waals surface area contributed by atoms with E-state index in [1.807, 2.05) is 19.1 Å². The Kier molecular flexibility index (Phi) is 5.17. The van der Waals surface area contributed by atoms with Gasteiger partial charge in [-0.2, -0.15) is 13.5 Å². The van der Waals surface area contributed by atoms with Crippen LogP contribution < -0.4 is 9.73 Å². The van der Waals surface area contributed by atoms with Crippen LogP contribution >= 0.6 is 11.3 Å². The molecule has 128 valence electrons. The zero-order valence-corrected chi connectivity index (χ0v) is 14.9. The summed E-state index contributed by atoms with van der Waals surface area (Å²) >= 11 is 1.57. The van der Waals surface area contributed by atoms with Crippen LogP contribution in [0.4, 0.5) is 5.00 Å². The van der Waals surface area contributed by atoms with Gasteiger partial charge < -0.3 is 9.64 Å². The predicted molar refractivity (Wildman–Crippen MR) is 96.4 cm³/mol. The maximum Gasteiger partial charge on any atom is 0.276 e. The highest BCUT2D eigenvalue weighted by Gasteiger charge is 2.14. The number of anilines is 1. The Balaban J connectivity index is 1.63. The molecule has 1 fully saturated rings. The van der Waals surface area contributed by atoms with Gasteiger partial charge in [0.25, 0.3) is 10.0 Å². The van der Waals surface area contributed by atoms with Crippen molar-refractivity contribution in [3.05, 3.63) is 46.8 Å². The highest BCUT2D eigenvalue weighted by molar-refractivity contribution is 7.89. The molecule has 2 heterocycles. The number of morpholine rings is 1. The summed E-state index contributed by atoms with van der Waals surface area (Å²) in [4.78, 5) is 5.59. The lowest BCUT2D eigenvalue weighted by Crippen LogP contribution is -2.35. The summed E-state index contributed by atoms with van der Waals surface area (Å²) in [6.45, 7) is 5.12. The molecule has 1 aliphatic rings. The van der Waals surface area contributed by atoms with Crippen molar-refractivity contribution in [3.8, 4) is 0 Å². The molecule has 0 amide bonds. The van der Waals surface area contributed by atoms with Gasteiger partial charge in [0, 0.05) is 18.0 Å². The van der Waals surface area contributed by atoms with Crippen LogP contribution in [-0.2, 0) is 14.8 Å². The predicted octanol–water partition coefficient (Wildman–Crippen LogP) is 2.21. The van der Waals surface area contributed by atoms with Gasteiger partial charge in [-0.15, -0.1) is 11.3 Å². The van der Waals surface area contributed by atoms with Gasteiger partial charge in [0.2, 0.25) is 0 Å². The largest absolute Gasteiger partial charge is 0.378 e. The van der Waals surface area contributed by atoms with E-state index in [0.29, 0.717) is 0 Å². The van der Waals surface area contributed by atoms with Gasteiger partial charge in [-0.25, -0.2) is 4.83 Å². The fraction of sp³-hybridized carbons (Fsp3) is 0.312. The Morgan fingerprint density at radius 1 is 1.17 bits per heavy atom. The van der Waals surface area contributed by atoms with Crippen LogP contribution in [0, 0.1) is 6.92 Å². The van der Waals surface area contributed by atoms with Gasteiger partial charge in [-0.3, -0.25) is 0 Å². The first-order chi connectivity index (χ1) is 11.5. The first-order valence-corrected chi connectivity index (χ1v) is 9.89. The molecule has 0 radical (unpaired) electrons. The molecule has 0 spiro atoms. The van der Waals surface area contributed by atoms with Crippen LogP contribution in [0.15, 0.2) is 46.4 Å². The normalized spacial score (nSPS) is 15.8. The van der Waals surface area contributed by atoms with Crippen LogP contribution in [0.1, 0.15) is 10.4 Å². The highest BCUT2D eigenvalue weighted by Crippen LogP contribution is 2.25. The van der Waals surface area contributed by atoms with Gasteiger partial charge in [-0.05, 0) is 31.2 Å². The molecular weight excluding hydrogens is 346 g/mol. The van der Waals surface area contributed by atoms with Crippen LogP contribution in [0.3, 0.4) is 0 Å². The third-order valence-electron chi connectivity index (χ3n) is 3.63. The summed E-state index contributed by atoms with van der Waals surface area (Å²) in [7, 11) is -3.63. The molecule has 1 aromatic heterocycles. The zero-order valence-electron chi connectivity index (χ0n) is 13.3. The third kappa shape index (κ3) is 4.14. The molecular formula is C16H19N3O3S2. The van der Waals surface area contributed by atoms with Crippen LogP contribution in [-0.4, -0.2) is 40.9 Å². The number of rotatable bonds is 5. The van der Waals surface area contributed by atoms with E-state index in [1.165, 1.54) is 6.21 Å². The first kappa shape index (κ1) is 16.9. The molecule has 1 N–H and O–H groups in total. The number of thiophene rings is 1. The Labute approximate surface area is 145 Å². The van der Waals surface area contributed by atoms with Gasteiger partial charge >= 0.3 is 0 Å². The average molecular weight is 365 g/mol. The minimum Gasteiger partial charge on any atom is -0.378 e. The summed E-state index contributed by atoms with van der Waals surface area (Å²) in [6.07, 6.45) is 1.53. The van der Waals surface area contributed by atoms with E-state index in [4.69, 9.17) is 4.74 Å². The zero-order chi connectivity index (χ0) is 17.0. The van der Waals surface area contributed by atoms with Gasteiger partial charge in [0.05, 0.1) is 29.3 Å². The summed E-state index contributed by atoms with van der Waals surface area (Å²) in [5.41, 5.74) is 1.01. The Bertz CT molecular complexity index is 807. The molecule has 0 unspecified atom stereocenters. The second kappa shape index (κ2) is 7.33. The van der Waals surface area contributed by atoms with Crippen molar-refractivity contribution in [1.29, 1.82) is 0 Å². The monoisotopic (exact) mass is 365 g/mol. The fourth-order valence-corrected chi connectivity index (χ4v) is 4.02. The summed E-state index contributed by atoms with van der Waals surface area (Å²) < 4.78 is 29.6. The molecule has 1 aliphatic heterocycles. The minimum absolute atomic E-state index is 0.199. The molecule has 8 heteroatoms. The average Bonchev–Trinajstić information content (AvgIpc) is 3.05. The van der Waals surface area contributed by atoms with E-state index in [2.05, 4.69) is 14.8 Å². The van der Waals surface area contributed by atoms with Crippen LogP contribution in [0.25, 0.3) is 0 Å². The third-order valence-corrected chi connectivity index (χ3v) is 5.95. The topological polar surface area (TPSA) is 71.0 Å². The summed E-state index contributed by atoms with van der Waals surface area (Å²) in [5.74, 6) is 0. The van der Waals surface area contributed by atoms with Crippen molar-refractivity contribution in [2.75, 3.05) is 31.2 Å². The maximum absolute atomic E-state index is 12.1. The van der Waals surface area contributed by atoms with Crippen LogP contribution in [0.2, 0.25) is 0 Å². The maximum atomic E-state index is 12.1. The van der Waals surface area contributed by atoms with E-state index >= 15 is 0 Å². The van der Waals surface area contributed by atoms with E-state index in [9.17, 15) is 8.42 Å². The molecule has 3 rings (SSSR count). The molecule has 0 aliphatic carbocycles. The lowest BCUT2D eigenvalue weighted by atomic mass is 10.2. The highest BCUT2D eigenvalue weighted by atomic mass is 32.2. The number of benzene rings is 1. The SMILES string of the molecule is Cc1ccc(S(=O)(=O)N/N=C\c2ccc(N3CCOCC3)s2)cc1. The lowest BCUT2D eigenvalue weighted by Gasteiger charge is -2.27. The van der Waals surface area contributed by atoms with Gasteiger partial charge in [0.15, 0.2) is 0 Å². The van der Waals surface area contributed by atoms with Gasteiger partial charge in [0.1, 0.15) is 0 Å². The Morgan fingerprint density at radius 2 is 1.88 bits per heavy atom. The number of aryl methyl sites for hydroxylation is 1. The van der Waals surface area contributed by atoms with Crippen molar-refractivity contribution < 1.29 is 13.2 Å². The van der Waals surface area contributed by atoms with E-state index < -0.39 is 10.0 Å². The minimum atomic E-state index is -3.63. The summed E-state index contributed by atoms with van der Waals surface area (Å²) in [6, 6.07) is 10.6. The van der Waals surface area contributed by atoms with Crippen molar-refractivity contribution in [3.63, 3.8) is 0 Å². The molecule has 1 saturated heterocycles. The quantitative estimate of drug-likeness (QED) is 0.651. The number of hydrogen-bond acceptors (Lipinski definition) is 6. The molecule has 1 aromatic carbocycles. The Hall–Kier alpha value is -1.90. The van der Waals surface area contributed by atoms with Crippen molar-refractivity contribution in [1.82, 2.24) is 4.83 Å². The molecule has 0 bridgehead atoms. The molecule has 24 heavy (non-hydrogen) atoms. The standard InChI is InChI=1S/C16H19N3O3S2/c1-13-2-5-15(6-3-13)24(20,21)18-17-12-14-4-7-16(23-14)19-8-10-22-11-9-19/h2-7,12,18H,8-11H2,1H3/b17-12-. The van der Waals surface area contributed by atoms with Crippen molar-refractivity contribution in [2.24, 2.45) is 5.10 Å². The molecule has 0 atom stereocenters. The number of sulfonamides is 1. The summed E-state index contributed by atoms with van der Waals surface area (Å²) in [5, 5.41) is 5.01. The van der Waals surface area contributed by atoms with E-state index in [0.717, 1.165) is 41.7 Å². The second-order valence-electron chi connectivity index (χ2n) is 5.44. The molecule has 2 aromatic rings. The molecule has 6 nitrogen and oxygen atoms in total. The van der Waals surface area contributed by atoms with E-state index in [-0.39, 0.29) is 4.90 Å². The number of nitrogens with zero attached hydrogens (tertiary/aromatic N) is 2. The first-order valence-electron chi connectivity index (χ1n) is 7.59. The van der Waals surface area contributed by atoms with Crippen LogP contribution in [0.5, 0.6) is 0 Å². The fourth-order valence-electron chi connectivity index (χ4n) is 2.29. The van der Waals surface area contributed by atoms with Crippen molar-refractivity contribution >= 4 is 32.6 Å². The smallest absolute Gasteiger partial charge is 0.276 e. The number of hydrazone groups is 1. The number of hydrogen-bond donors (Lipinski definition) is 1. The Morgan fingerprint density at radius 3 is 2.58 bits per heavy atom. The van der Waals surface area contributed by atoms with E-state index in [1.54, 1.807) is 35.6 Å².